The zero-order valence-electron chi connectivity index (χ0n) is 9.09. The highest BCUT2D eigenvalue weighted by molar-refractivity contribution is 9.10. The van der Waals surface area contributed by atoms with Crippen molar-refractivity contribution in [2.24, 2.45) is 11.8 Å². The lowest BCUT2D eigenvalue weighted by Gasteiger charge is -2.41. The van der Waals surface area contributed by atoms with Crippen LogP contribution in [0, 0.1) is 23.5 Å². The molecule has 2 aliphatic carbocycles. The van der Waals surface area contributed by atoms with Crippen molar-refractivity contribution in [3.63, 3.8) is 0 Å². The molecule has 1 N–H and O–H groups in total. The molecule has 4 heteroatoms. The molecule has 0 amide bonds. The minimum absolute atomic E-state index is 0.00282. The zero-order chi connectivity index (χ0) is 12.0. The van der Waals surface area contributed by atoms with Crippen LogP contribution in [0.25, 0.3) is 0 Å². The Morgan fingerprint density at radius 1 is 1.24 bits per heavy atom. The van der Waals surface area contributed by atoms with Gasteiger partial charge in [0.15, 0.2) is 0 Å². The smallest absolute Gasteiger partial charge is 0.150 e. The van der Waals surface area contributed by atoms with Crippen molar-refractivity contribution < 1.29 is 8.78 Å². The van der Waals surface area contributed by atoms with Crippen LogP contribution < -0.4 is 5.32 Å². The van der Waals surface area contributed by atoms with E-state index in [2.05, 4.69) is 33.4 Å². The normalized spacial score (nSPS) is 29.9. The Kier molecular flexibility index (Phi) is 2.69. The molecule has 17 heavy (non-hydrogen) atoms. The SMILES string of the molecule is Fc1cc(Br)cc(F)c1NC1CC2CC=CC21. The molecule has 0 aromatic heterocycles. The molecule has 1 fully saturated rings. The highest BCUT2D eigenvalue weighted by Gasteiger charge is 2.41. The molecule has 90 valence electrons. The maximum Gasteiger partial charge on any atom is 0.150 e. The van der Waals surface area contributed by atoms with E-state index in [1.54, 1.807) is 0 Å². The van der Waals surface area contributed by atoms with Crippen LogP contribution in [0.5, 0.6) is 0 Å². The van der Waals surface area contributed by atoms with Crippen molar-refractivity contribution >= 4 is 21.6 Å². The van der Waals surface area contributed by atoms with Gasteiger partial charge in [-0.2, -0.15) is 0 Å². The minimum Gasteiger partial charge on any atom is -0.377 e. The van der Waals surface area contributed by atoms with E-state index in [0.717, 1.165) is 12.8 Å². The van der Waals surface area contributed by atoms with Crippen molar-refractivity contribution in [3.05, 3.63) is 40.4 Å². The number of benzene rings is 1. The lowest BCUT2D eigenvalue weighted by molar-refractivity contribution is 0.217. The summed E-state index contributed by atoms with van der Waals surface area (Å²) >= 11 is 3.07. The van der Waals surface area contributed by atoms with Gasteiger partial charge in [0, 0.05) is 16.4 Å². The van der Waals surface area contributed by atoms with Gasteiger partial charge in [0.25, 0.3) is 0 Å². The summed E-state index contributed by atoms with van der Waals surface area (Å²) in [5.74, 6) is 0.0381. The average Bonchev–Trinajstić information content (AvgIpc) is 2.58. The summed E-state index contributed by atoms with van der Waals surface area (Å²) in [6, 6.07) is 2.74. The Morgan fingerprint density at radius 2 is 1.94 bits per heavy atom. The fraction of sp³-hybridized carbons (Fsp3) is 0.385. The molecule has 3 unspecified atom stereocenters. The van der Waals surface area contributed by atoms with Crippen LogP contribution in [0.15, 0.2) is 28.8 Å². The number of anilines is 1. The van der Waals surface area contributed by atoms with Crippen LogP contribution in [0.3, 0.4) is 0 Å². The fourth-order valence-corrected chi connectivity index (χ4v) is 3.15. The van der Waals surface area contributed by atoms with E-state index < -0.39 is 11.6 Å². The molecule has 1 aromatic carbocycles. The van der Waals surface area contributed by atoms with Gasteiger partial charge >= 0.3 is 0 Å². The van der Waals surface area contributed by atoms with Crippen molar-refractivity contribution in [1.82, 2.24) is 0 Å². The second-order valence-electron chi connectivity index (χ2n) is 4.73. The molecule has 1 saturated carbocycles. The van der Waals surface area contributed by atoms with Gasteiger partial charge in [-0.1, -0.05) is 28.1 Å². The first kappa shape index (κ1) is 11.2. The van der Waals surface area contributed by atoms with Crippen LogP contribution in [-0.4, -0.2) is 6.04 Å². The first-order chi connectivity index (χ1) is 8.15. The highest BCUT2D eigenvalue weighted by atomic mass is 79.9. The Morgan fingerprint density at radius 3 is 2.59 bits per heavy atom. The number of hydrogen-bond donors (Lipinski definition) is 1. The first-order valence-corrected chi connectivity index (χ1v) is 6.52. The van der Waals surface area contributed by atoms with Gasteiger partial charge in [-0.25, -0.2) is 8.78 Å². The van der Waals surface area contributed by atoms with Crippen LogP contribution in [-0.2, 0) is 0 Å². The van der Waals surface area contributed by atoms with Gasteiger partial charge in [-0.3, -0.25) is 0 Å². The molecule has 3 atom stereocenters. The molecular weight excluding hydrogens is 288 g/mol. The van der Waals surface area contributed by atoms with Crippen LogP contribution >= 0.6 is 15.9 Å². The van der Waals surface area contributed by atoms with Crippen molar-refractivity contribution in [2.75, 3.05) is 5.32 Å². The molecule has 0 spiro atoms. The maximum atomic E-state index is 13.6. The second kappa shape index (κ2) is 4.09. The van der Waals surface area contributed by atoms with Gasteiger partial charge in [0.2, 0.25) is 0 Å². The van der Waals surface area contributed by atoms with Gasteiger partial charge in [-0.15, -0.1) is 0 Å². The molecule has 0 saturated heterocycles. The van der Waals surface area contributed by atoms with E-state index in [0.29, 0.717) is 16.3 Å². The third-order valence-electron chi connectivity index (χ3n) is 3.70. The predicted octanol–water partition coefficient (Wildman–Crippen LogP) is 4.10. The molecule has 0 aliphatic heterocycles. The van der Waals surface area contributed by atoms with Crippen molar-refractivity contribution in [1.29, 1.82) is 0 Å². The third-order valence-corrected chi connectivity index (χ3v) is 4.16. The quantitative estimate of drug-likeness (QED) is 0.811. The number of fused-ring (bicyclic) bond motifs is 1. The number of hydrogen-bond acceptors (Lipinski definition) is 1. The average molecular weight is 300 g/mol. The number of nitrogens with one attached hydrogen (secondary N) is 1. The number of halogens is 3. The summed E-state index contributed by atoms with van der Waals surface area (Å²) in [6.07, 6.45) is 6.41. The van der Waals surface area contributed by atoms with Crippen molar-refractivity contribution in [3.8, 4) is 0 Å². The van der Waals surface area contributed by atoms with E-state index in [-0.39, 0.29) is 11.7 Å². The standard InChI is InChI=1S/C13H12BrF2N/c14-8-5-10(15)13(11(16)6-8)17-12-4-7-2-1-3-9(7)12/h1,3,5-7,9,12,17H,2,4H2. The lowest BCUT2D eigenvalue weighted by Crippen LogP contribution is -2.43. The van der Waals surface area contributed by atoms with Gasteiger partial charge < -0.3 is 5.32 Å². The Hall–Kier alpha value is -0.900. The number of allylic oxidation sites excluding steroid dienone is 1. The third kappa shape index (κ3) is 1.88. The first-order valence-electron chi connectivity index (χ1n) is 5.73. The highest BCUT2D eigenvalue weighted by Crippen LogP contribution is 2.44. The second-order valence-corrected chi connectivity index (χ2v) is 5.65. The maximum absolute atomic E-state index is 13.6. The molecule has 0 radical (unpaired) electrons. The van der Waals surface area contributed by atoms with Gasteiger partial charge in [0.05, 0.1) is 0 Å². The fourth-order valence-electron chi connectivity index (χ4n) is 2.75. The van der Waals surface area contributed by atoms with E-state index in [1.165, 1.54) is 12.1 Å². The Labute approximate surface area is 107 Å². The summed E-state index contributed by atoms with van der Waals surface area (Å²) in [5, 5.41) is 2.99. The molecular formula is C13H12BrF2N. The van der Waals surface area contributed by atoms with E-state index in [4.69, 9.17) is 0 Å². The molecule has 1 nitrogen and oxygen atoms in total. The molecule has 1 aromatic rings. The van der Waals surface area contributed by atoms with E-state index in [9.17, 15) is 8.78 Å². The van der Waals surface area contributed by atoms with E-state index >= 15 is 0 Å². The van der Waals surface area contributed by atoms with Crippen LogP contribution in [0.4, 0.5) is 14.5 Å². The van der Waals surface area contributed by atoms with Gasteiger partial charge in [0.1, 0.15) is 17.3 Å². The Balaban J connectivity index is 1.79. The number of rotatable bonds is 2. The predicted molar refractivity (Wildman–Crippen MR) is 66.8 cm³/mol. The topological polar surface area (TPSA) is 12.0 Å². The van der Waals surface area contributed by atoms with Crippen LogP contribution in [0.1, 0.15) is 12.8 Å². The molecule has 3 rings (SSSR count). The van der Waals surface area contributed by atoms with Crippen molar-refractivity contribution in [2.45, 2.75) is 18.9 Å². The monoisotopic (exact) mass is 299 g/mol. The largest absolute Gasteiger partial charge is 0.377 e. The molecule has 2 aliphatic rings. The summed E-state index contributed by atoms with van der Waals surface area (Å²) in [6.45, 7) is 0. The van der Waals surface area contributed by atoms with Gasteiger partial charge in [-0.05, 0) is 30.9 Å². The summed E-state index contributed by atoms with van der Waals surface area (Å²) in [5.41, 5.74) is -0.00282. The summed E-state index contributed by atoms with van der Waals surface area (Å²) in [7, 11) is 0. The molecule has 0 heterocycles. The molecule has 0 bridgehead atoms. The zero-order valence-corrected chi connectivity index (χ0v) is 10.7. The lowest BCUT2D eigenvalue weighted by atomic mass is 9.71. The van der Waals surface area contributed by atoms with E-state index in [1.807, 2.05) is 0 Å². The van der Waals surface area contributed by atoms with Crippen LogP contribution in [0.2, 0.25) is 0 Å². The minimum atomic E-state index is -0.540. The summed E-state index contributed by atoms with van der Waals surface area (Å²) < 4.78 is 27.7. The summed E-state index contributed by atoms with van der Waals surface area (Å²) in [4.78, 5) is 0. The Bertz CT molecular complexity index is 463.